The first kappa shape index (κ1) is 15.2. The van der Waals surface area contributed by atoms with Crippen molar-refractivity contribution in [3.8, 4) is 0 Å². The Bertz CT molecular complexity index is 2000. The first-order valence-electron chi connectivity index (χ1n) is 11.9. The standard InChI is InChI=1S/C32H18/c1-2-16-6-10-20-14-22-12-8-18-4-3-17-7-11-21-13-19-9-5-15(1)23-24(16)28(20)32-30(22)26(18)25(17)29(21)31(32)27(19)23/h1-3,5-6,8-11,14H,4,7,12-13H2. The summed E-state index contributed by atoms with van der Waals surface area (Å²) in [6.07, 6.45) is 11.9. The Kier molecular flexibility index (Phi) is 2.18. The van der Waals surface area contributed by atoms with Crippen LogP contribution < -0.4 is 0 Å². The normalized spacial score (nSPS) is 18.1. The van der Waals surface area contributed by atoms with Crippen LogP contribution in [0.5, 0.6) is 0 Å². The topological polar surface area (TPSA) is 0 Å². The Balaban J connectivity index is 1.71. The lowest BCUT2D eigenvalue weighted by atomic mass is 9.67. The molecule has 0 heteroatoms. The van der Waals surface area contributed by atoms with Gasteiger partial charge in [-0.05, 0) is 124 Å². The highest BCUT2D eigenvalue weighted by Gasteiger charge is 2.35. The second-order valence-corrected chi connectivity index (χ2v) is 10.3. The van der Waals surface area contributed by atoms with Crippen LogP contribution in [0.2, 0.25) is 0 Å². The zero-order chi connectivity index (χ0) is 20.3. The summed E-state index contributed by atoms with van der Waals surface area (Å²) in [4.78, 5) is 0. The summed E-state index contributed by atoms with van der Waals surface area (Å²) in [5.74, 6) is 0. The van der Waals surface area contributed by atoms with Crippen LogP contribution in [-0.4, -0.2) is 0 Å². The molecular formula is C32H18. The second kappa shape index (κ2) is 4.59. The largest absolute Gasteiger partial charge is 0.0759 e. The highest BCUT2D eigenvalue weighted by molar-refractivity contribution is 6.43. The van der Waals surface area contributed by atoms with Crippen molar-refractivity contribution >= 4 is 70.6 Å². The van der Waals surface area contributed by atoms with E-state index in [2.05, 4.69) is 60.7 Å². The highest BCUT2D eigenvalue weighted by Crippen LogP contribution is 2.58. The van der Waals surface area contributed by atoms with Crippen molar-refractivity contribution in [3.05, 3.63) is 88.5 Å². The van der Waals surface area contributed by atoms with Crippen molar-refractivity contribution in [2.24, 2.45) is 0 Å². The monoisotopic (exact) mass is 402 g/mol. The van der Waals surface area contributed by atoms with Gasteiger partial charge in [-0.25, -0.2) is 0 Å². The van der Waals surface area contributed by atoms with Gasteiger partial charge in [-0.2, -0.15) is 0 Å². The van der Waals surface area contributed by atoms with Gasteiger partial charge < -0.3 is 0 Å². The number of allylic oxidation sites excluding steroid dienone is 6. The molecular weight excluding hydrogens is 384 g/mol. The maximum atomic E-state index is 2.54. The maximum absolute atomic E-state index is 2.54. The van der Waals surface area contributed by atoms with Gasteiger partial charge in [0.05, 0.1) is 0 Å². The molecule has 4 aliphatic carbocycles. The summed E-state index contributed by atoms with van der Waals surface area (Å²) in [6.45, 7) is 0. The Morgan fingerprint density at radius 3 is 1.91 bits per heavy atom. The van der Waals surface area contributed by atoms with E-state index in [1.54, 1.807) is 55.0 Å². The average Bonchev–Trinajstić information content (AvgIpc) is 2.85. The second-order valence-electron chi connectivity index (χ2n) is 10.3. The smallest absolute Gasteiger partial charge is 0.000442 e. The molecule has 0 saturated carbocycles. The predicted octanol–water partition coefficient (Wildman–Crippen LogP) is 8.40. The number of hydrogen-bond acceptors (Lipinski definition) is 0. The fourth-order valence-corrected chi connectivity index (χ4v) is 7.81. The molecule has 0 aliphatic heterocycles. The van der Waals surface area contributed by atoms with E-state index in [9.17, 15) is 0 Å². The Hall–Kier alpha value is -3.64. The maximum Gasteiger partial charge on any atom is -0.000442 e. The summed E-state index contributed by atoms with van der Waals surface area (Å²) in [5, 5.41) is 14.9. The van der Waals surface area contributed by atoms with Crippen molar-refractivity contribution in [2.75, 3.05) is 0 Å². The number of hydrogen-bond donors (Lipinski definition) is 0. The van der Waals surface area contributed by atoms with Crippen molar-refractivity contribution in [2.45, 2.75) is 25.7 Å². The minimum absolute atomic E-state index is 1.07. The third-order valence-corrected chi connectivity index (χ3v) is 8.99. The van der Waals surface area contributed by atoms with Crippen LogP contribution in [-0.2, 0) is 12.8 Å². The third kappa shape index (κ3) is 1.39. The van der Waals surface area contributed by atoms with Crippen molar-refractivity contribution < 1.29 is 0 Å². The van der Waals surface area contributed by atoms with Gasteiger partial charge in [-0.1, -0.05) is 60.7 Å². The lowest BCUT2D eigenvalue weighted by Gasteiger charge is -2.36. The first-order chi connectivity index (χ1) is 15.9. The Morgan fingerprint density at radius 2 is 1.03 bits per heavy atom. The quantitative estimate of drug-likeness (QED) is 0.177. The Labute approximate surface area is 184 Å². The molecule has 0 spiro atoms. The summed E-state index contributed by atoms with van der Waals surface area (Å²) in [5.41, 5.74) is 12.5. The average molecular weight is 402 g/mol. The van der Waals surface area contributed by atoms with Crippen LogP contribution in [0.15, 0.2) is 60.7 Å². The molecule has 0 atom stereocenters. The van der Waals surface area contributed by atoms with Crippen molar-refractivity contribution in [3.63, 3.8) is 0 Å². The van der Waals surface area contributed by atoms with E-state index in [-0.39, 0.29) is 0 Å². The van der Waals surface area contributed by atoms with E-state index in [1.165, 1.54) is 43.4 Å². The molecule has 0 radical (unpaired) electrons. The highest BCUT2D eigenvalue weighted by atomic mass is 14.4. The van der Waals surface area contributed by atoms with Crippen LogP contribution in [0.1, 0.15) is 40.7 Å². The van der Waals surface area contributed by atoms with Gasteiger partial charge in [0.2, 0.25) is 0 Å². The summed E-state index contributed by atoms with van der Waals surface area (Å²) >= 11 is 0. The van der Waals surface area contributed by atoms with Crippen molar-refractivity contribution in [1.82, 2.24) is 0 Å². The molecule has 0 aromatic heterocycles. The molecule has 0 bridgehead atoms. The molecule has 0 heterocycles. The first-order valence-corrected chi connectivity index (χ1v) is 11.9. The fraction of sp³-hybridized carbons (Fsp3) is 0.125. The molecule has 0 amide bonds. The third-order valence-electron chi connectivity index (χ3n) is 8.99. The zero-order valence-corrected chi connectivity index (χ0v) is 17.6. The molecule has 32 heavy (non-hydrogen) atoms. The molecule has 0 saturated heterocycles. The van der Waals surface area contributed by atoms with Crippen LogP contribution in [0.4, 0.5) is 0 Å². The summed E-state index contributed by atoms with van der Waals surface area (Å²) < 4.78 is 0. The van der Waals surface area contributed by atoms with Crippen LogP contribution in [0.3, 0.4) is 0 Å². The van der Waals surface area contributed by atoms with Crippen LogP contribution in [0, 0.1) is 0 Å². The van der Waals surface area contributed by atoms with E-state index in [1.807, 2.05) is 0 Å². The molecule has 0 unspecified atom stereocenters. The van der Waals surface area contributed by atoms with E-state index >= 15 is 0 Å². The van der Waals surface area contributed by atoms with E-state index in [0.717, 1.165) is 25.7 Å². The van der Waals surface area contributed by atoms with Gasteiger partial charge in [0, 0.05) is 0 Å². The fourth-order valence-electron chi connectivity index (χ4n) is 7.81. The van der Waals surface area contributed by atoms with E-state index in [0.29, 0.717) is 0 Å². The lowest BCUT2D eigenvalue weighted by molar-refractivity contribution is 1.17. The van der Waals surface area contributed by atoms with Gasteiger partial charge >= 0.3 is 0 Å². The minimum Gasteiger partial charge on any atom is -0.0759 e. The lowest BCUT2D eigenvalue weighted by Crippen LogP contribution is -2.15. The van der Waals surface area contributed by atoms with Crippen molar-refractivity contribution in [1.29, 1.82) is 0 Å². The van der Waals surface area contributed by atoms with E-state index < -0.39 is 0 Å². The molecule has 6 aromatic carbocycles. The van der Waals surface area contributed by atoms with Gasteiger partial charge in [0.25, 0.3) is 0 Å². The molecule has 10 rings (SSSR count). The summed E-state index contributed by atoms with van der Waals surface area (Å²) in [7, 11) is 0. The predicted molar refractivity (Wildman–Crippen MR) is 137 cm³/mol. The van der Waals surface area contributed by atoms with Gasteiger partial charge in [0.15, 0.2) is 0 Å². The number of benzene rings is 6. The SMILES string of the molecule is C1=C2CC=C3Cc4ccc5ccc6ccc7cc8c9c(c2c3c2c4c5c6c7c92)C(=CC8)C1. The molecule has 0 fully saturated rings. The minimum atomic E-state index is 1.07. The van der Waals surface area contributed by atoms with Gasteiger partial charge in [-0.3, -0.25) is 0 Å². The summed E-state index contributed by atoms with van der Waals surface area (Å²) in [6, 6.07) is 16.7. The van der Waals surface area contributed by atoms with Gasteiger partial charge in [-0.15, -0.1) is 0 Å². The Morgan fingerprint density at radius 1 is 0.406 bits per heavy atom. The van der Waals surface area contributed by atoms with Crippen LogP contribution in [0.25, 0.3) is 70.6 Å². The number of rotatable bonds is 0. The zero-order valence-electron chi connectivity index (χ0n) is 17.6. The molecule has 4 aliphatic rings. The molecule has 0 nitrogen and oxygen atoms in total. The van der Waals surface area contributed by atoms with Crippen LogP contribution >= 0.6 is 0 Å². The van der Waals surface area contributed by atoms with E-state index in [4.69, 9.17) is 0 Å². The molecule has 0 N–H and O–H groups in total. The van der Waals surface area contributed by atoms with Gasteiger partial charge in [0.1, 0.15) is 0 Å². The molecule has 6 aromatic rings. The molecule has 146 valence electrons.